The smallest absolute Gasteiger partial charge is 0.115 e. The van der Waals surface area contributed by atoms with Crippen LogP contribution in [0.25, 0.3) is 0 Å². The molecule has 0 aromatic carbocycles. The van der Waals surface area contributed by atoms with Crippen LogP contribution in [0.3, 0.4) is 0 Å². The van der Waals surface area contributed by atoms with Crippen LogP contribution in [0, 0.1) is 13.8 Å². The maximum Gasteiger partial charge on any atom is 0.115 e. The molecule has 1 aliphatic rings. The molecule has 0 radical (unpaired) electrons. The molecule has 6 nitrogen and oxygen atoms in total. The summed E-state index contributed by atoms with van der Waals surface area (Å²) in [6.45, 7) is 11.2. The molecule has 0 unspecified atom stereocenters. The van der Waals surface area contributed by atoms with Gasteiger partial charge in [-0.25, -0.2) is 19.9 Å². The van der Waals surface area contributed by atoms with Crippen LogP contribution >= 0.6 is 0 Å². The third kappa shape index (κ3) is 4.30. The first kappa shape index (κ1) is 16.0. The first-order valence-electron chi connectivity index (χ1n) is 8.11. The van der Waals surface area contributed by atoms with Gasteiger partial charge in [0.15, 0.2) is 0 Å². The van der Waals surface area contributed by atoms with E-state index in [9.17, 15) is 0 Å². The van der Waals surface area contributed by atoms with Crippen molar-refractivity contribution in [1.29, 1.82) is 0 Å². The highest BCUT2D eigenvalue weighted by Crippen LogP contribution is 2.15. The SMILES string of the molecule is Cc1cc(CN2CCN(Cc3cc(C)ncn3)[C@@H](C)C2)ncn1. The highest BCUT2D eigenvalue weighted by Gasteiger charge is 2.24. The van der Waals surface area contributed by atoms with Crippen molar-refractivity contribution in [2.24, 2.45) is 0 Å². The second-order valence-electron chi connectivity index (χ2n) is 6.36. The molecule has 1 fully saturated rings. The Kier molecular flexibility index (Phi) is 4.93. The molecule has 0 aliphatic carbocycles. The first-order valence-corrected chi connectivity index (χ1v) is 8.11. The van der Waals surface area contributed by atoms with Crippen molar-refractivity contribution in [3.8, 4) is 0 Å². The van der Waals surface area contributed by atoms with Gasteiger partial charge in [0.1, 0.15) is 12.7 Å². The van der Waals surface area contributed by atoms with Crippen molar-refractivity contribution in [2.75, 3.05) is 19.6 Å². The Labute approximate surface area is 137 Å². The minimum Gasteiger partial charge on any atom is -0.295 e. The molecular formula is C17H24N6. The summed E-state index contributed by atoms with van der Waals surface area (Å²) in [6.07, 6.45) is 3.31. The summed E-state index contributed by atoms with van der Waals surface area (Å²) in [5, 5.41) is 0. The van der Waals surface area contributed by atoms with E-state index in [0.717, 1.165) is 55.5 Å². The maximum atomic E-state index is 4.38. The van der Waals surface area contributed by atoms with Crippen LogP contribution in [0.4, 0.5) is 0 Å². The Hall–Kier alpha value is -1.92. The number of aromatic nitrogens is 4. The van der Waals surface area contributed by atoms with Crippen LogP contribution < -0.4 is 0 Å². The normalized spacial score (nSPS) is 19.9. The fourth-order valence-electron chi connectivity index (χ4n) is 3.08. The summed E-state index contributed by atoms with van der Waals surface area (Å²) in [5.41, 5.74) is 4.26. The lowest BCUT2D eigenvalue weighted by molar-refractivity contribution is 0.0715. The lowest BCUT2D eigenvalue weighted by atomic mass is 10.1. The van der Waals surface area contributed by atoms with Gasteiger partial charge in [0.2, 0.25) is 0 Å². The van der Waals surface area contributed by atoms with Gasteiger partial charge in [-0.3, -0.25) is 9.80 Å². The molecule has 122 valence electrons. The summed E-state index contributed by atoms with van der Waals surface area (Å²) in [5.74, 6) is 0. The number of aryl methyl sites for hydroxylation is 2. The van der Waals surface area contributed by atoms with Gasteiger partial charge in [-0.15, -0.1) is 0 Å². The van der Waals surface area contributed by atoms with Gasteiger partial charge in [-0.1, -0.05) is 0 Å². The van der Waals surface area contributed by atoms with E-state index in [-0.39, 0.29) is 0 Å². The van der Waals surface area contributed by atoms with Crippen molar-refractivity contribution in [3.63, 3.8) is 0 Å². The minimum absolute atomic E-state index is 0.502. The van der Waals surface area contributed by atoms with Crippen molar-refractivity contribution in [2.45, 2.75) is 39.9 Å². The van der Waals surface area contributed by atoms with Gasteiger partial charge in [-0.05, 0) is 32.9 Å². The van der Waals surface area contributed by atoms with Crippen molar-refractivity contribution < 1.29 is 0 Å². The summed E-state index contributed by atoms with van der Waals surface area (Å²) in [4.78, 5) is 22.0. The zero-order valence-electron chi connectivity index (χ0n) is 14.1. The Morgan fingerprint density at radius 2 is 1.52 bits per heavy atom. The van der Waals surface area contributed by atoms with Crippen LogP contribution in [0.15, 0.2) is 24.8 Å². The summed E-state index contributed by atoms with van der Waals surface area (Å²) >= 11 is 0. The molecule has 1 aliphatic heterocycles. The molecular weight excluding hydrogens is 288 g/mol. The Balaban J connectivity index is 1.57. The second kappa shape index (κ2) is 7.10. The molecule has 0 spiro atoms. The summed E-state index contributed by atoms with van der Waals surface area (Å²) in [7, 11) is 0. The lowest BCUT2D eigenvalue weighted by Crippen LogP contribution is -2.51. The van der Waals surface area contributed by atoms with Crippen molar-refractivity contribution >= 4 is 0 Å². The van der Waals surface area contributed by atoms with Crippen molar-refractivity contribution in [1.82, 2.24) is 29.7 Å². The molecule has 0 saturated carbocycles. The predicted molar refractivity (Wildman–Crippen MR) is 88.7 cm³/mol. The topological polar surface area (TPSA) is 58.0 Å². The maximum absolute atomic E-state index is 4.38. The first-order chi connectivity index (χ1) is 11.1. The average Bonchev–Trinajstić information content (AvgIpc) is 2.50. The largest absolute Gasteiger partial charge is 0.295 e. The Morgan fingerprint density at radius 3 is 2.09 bits per heavy atom. The zero-order chi connectivity index (χ0) is 16.2. The van der Waals surface area contributed by atoms with Gasteiger partial charge < -0.3 is 0 Å². The number of hydrogen-bond acceptors (Lipinski definition) is 6. The molecule has 1 atom stereocenters. The Morgan fingerprint density at radius 1 is 0.913 bits per heavy atom. The molecule has 23 heavy (non-hydrogen) atoms. The highest BCUT2D eigenvalue weighted by atomic mass is 15.3. The lowest BCUT2D eigenvalue weighted by Gasteiger charge is -2.39. The van der Waals surface area contributed by atoms with E-state index in [1.807, 2.05) is 13.8 Å². The molecule has 0 bridgehead atoms. The minimum atomic E-state index is 0.502. The number of hydrogen-bond donors (Lipinski definition) is 0. The molecule has 0 N–H and O–H groups in total. The van der Waals surface area contributed by atoms with Crippen LogP contribution in [0.2, 0.25) is 0 Å². The number of piperazine rings is 1. The standard InChI is InChI=1S/C17H24N6/c1-13-6-16(20-11-18-13)9-22-4-5-23(15(3)8-22)10-17-7-14(2)19-12-21-17/h6-7,11-12,15H,4-5,8-10H2,1-3H3/t15-/m0/s1. The number of rotatable bonds is 4. The van der Waals surface area contributed by atoms with E-state index in [0.29, 0.717) is 6.04 Å². The quantitative estimate of drug-likeness (QED) is 0.854. The second-order valence-corrected chi connectivity index (χ2v) is 6.36. The van der Waals surface area contributed by atoms with Crippen LogP contribution in [0.1, 0.15) is 29.7 Å². The molecule has 0 amide bonds. The zero-order valence-corrected chi connectivity index (χ0v) is 14.1. The highest BCUT2D eigenvalue weighted by molar-refractivity contribution is 5.08. The summed E-state index contributed by atoms with van der Waals surface area (Å²) in [6, 6.07) is 4.64. The van der Waals surface area contributed by atoms with E-state index >= 15 is 0 Å². The fraction of sp³-hybridized carbons (Fsp3) is 0.529. The van der Waals surface area contributed by atoms with E-state index in [1.165, 1.54) is 0 Å². The molecule has 6 heteroatoms. The summed E-state index contributed by atoms with van der Waals surface area (Å²) < 4.78 is 0. The van der Waals surface area contributed by atoms with Gasteiger partial charge >= 0.3 is 0 Å². The van der Waals surface area contributed by atoms with Crippen molar-refractivity contribution in [3.05, 3.63) is 47.6 Å². The van der Waals surface area contributed by atoms with Gasteiger partial charge in [-0.2, -0.15) is 0 Å². The predicted octanol–water partition coefficient (Wildman–Crippen LogP) is 1.59. The number of nitrogens with zero attached hydrogens (tertiary/aromatic N) is 6. The monoisotopic (exact) mass is 312 g/mol. The molecule has 2 aromatic rings. The third-order valence-corrected chi connectivity index (χ3v) is 4.32. The van der Waals surface area contributed by atoms with E-state index in [1.54, 1.807) is 12.7 Å². The molecule has 2 aromatic heterocycles. The molecule has 1 saturated heterocycles. The molecule has 3 rings (SSSR count). The van der Waals surface area contributed by atoms with Crippen LogP contribution in [-0.2, 0) is 13.1 Å². The van der Waals surface area contributed by atoms with Crippen LogP contribution in [-0.4, -0.2) is 55.4 Å². The van der Waals surface area contributed by atoms with E-state index in [4.69, 9.17) is 0 Å². The van der Waals surface area contributed by atoms with Gasteiger partial charge in [0, 0.05) is 50.2 Å². The fourth-order valence-corrected chi connectivity index (χ4v) is 3.08. The average molecular weight is 312 g/mol. The van der Waals surface area contributed by atoms with Crippen LogP contribution in [0.5, 0.6) is 0 Å². The molecule has 3 heterocycles. The van der Waals surface area contributed by atoms with Gasteiger partial charge in [0.25, 0.3) is 0 Å². The van der Waals surface area contributed by atoms with E-state index in [2.05, 4.69) is 48.8 Å². The Bertz CT molecular complexity index is 659. The van der Waals surface area contributed by atoms with Gasteiger partial charge in [0.05, 0.1) is 11.4 Å². The third-order valence-electron chi connectivity index (χ3n) is 4.32. The van der Waals surface area contributed by atoms with E-state index < -0.39 is 0 Å².